The van der Waals surface area contributed by atoms with Gasteiger partial charge in [0.15, 0.2) is 0 Å². The molecule has 0 saturated carbocycles. The summed E-state index contributed by atoms with van der Waals surface area (Å²) in [6, 6.07) is 16.8. The van der Waals surface area contributed by atoms with Crippen LogP contribution in [0.2, 0.25) is 0 Å². The van der Waals surface area contributed by atoms with E-state index in [1.54, 1.807) is 0 Å². The van der Waals surface area contributed by atoms with Crippen molar-refractivity contribution in [2.24, 2.45) is 0 Å². The Labute approximate surface area is 126 Å². The molecule has 22 heavy (non-hydrogen) atoms. The number of nitrogens with one attached hydrogen (secondary N) is 1. The molecule has 0 aliphatic carbocycles. The molecular formula is C17H13N3O2. The summed E-state index contributed by atoms with van der Waals surface area (Å²) in [5.41, 5.74) is 2.60. The number of H-pyrrole nitrogens is 1. The molecule has 2 N–H and O–H groups in total. The van der Waals surface area contributed by atoms with Gasteiger partial charge in [-0.2, -0.15) is 0 Å². The zero-order chi connectivity index (χ0) is 15.1. The highest BCUT2D eigenvalue weighted by atomic mass is 16.3. The minimum absolute atomic E-state index is 0.0351. The van der Waals surface area contributed by atoms with Gasteiger partial charge in [0, 0.05) is 5.69 Å². The molecule has 2 heterocycles. The molecule has 4 rings (SSSR count). The van der Waals surface area contributed by atoms with Crippen LogP contribution in [0.15, 0.2) is 60.4 Å². The van der Waals surface area contributed by atoms with Crippen LogP contribution in [0.25, 0.3) is 16.6 Å². The van der Waals surface area contributed by atoms with E-state index in [1.165, 1.54) is 4.90 Å². The fourth-order valence-corrected chi connectivity index (χ4v) is 2.68. The van der Waals surface area contributed by atoms with Crippen LogP contribution in [0, 0.1) is 0 Å². The molecule has 1 aliphatic rings. The molecule has 1 aliphatic heterocycles. The zero-order valence-electron chi connectivity index (χ0n) is 11.7. The van der Waals surface area contributed by atoms with E-state index in [1.807, 2.05) is 54.6 Å². The van der Waals surface area contributed by atoms with E-state index in [4.69, 9.17) is 0 Å². The number of imidazole rings is 1. The van der Waals surface area contributed by atoms with E-state index < -0.39 is 0 Å². The molecule has 0 radical (unpaired) electrons. The number of fused-ring (bicyclic) bond motifs is 1. The topological polar surface area (TPSA) is 69.2 Å². The monoisotopic (exact) mass is 291 g/mol. The lowest BCUT2D eigenvalue weighted by Gasteiger charge is -2.15. The van der Waals surface area contributed by atoms with Crippen LogP contribution in [0.4, 0.5) is 5.69 Å². The molecule has 0 spiro atoms. The van der Waals surface area contributed by atoms with Crippen molar-refractivity contribution in [1.29, 1.82) is 0 Å². The van der Waals surface area contributed by atoms with Gasteiger partial charge in [-0.25, -0.2) is 4.98 Å². The predicted octanol–water partition coefficient (Wildman–Crippen LogP) is 2.88. The maximum absolute atomic E-state index is 12.6. The highest BCUT2D eigenvalue weighted by Gasteiger charge is 2.34. The number of aliphatic hydroxyl groups excluding tert-OH is 1. The van der Waals surface area contributed by atoms with Crippen molar-refractivity contribution in [3.8, 4) is 0 Å². The Bertz CT molecular complexity index is 863. The van der Waals surface area contributed by atoms with Crippen molar-refractivity contribution in [2.75, 3.05) is 11.4 Å². The minimum Gasteiger partial charge on any atom is -0.509 e. The van der Waals surface area contributed by atoms with E-state index in [-0.39, 0.29) is 23.8 Å². The third-order valence-corrected chi connectivity index (χ3v) is 3.75. The van der Waals surface area contributed by atoms with Crippen LogP contribution in [-0.4, -0.2) is 27.5 Å². The van der Waals surface area contributed by atoms with Crippen LogP contribution in [0.1, 0.15) is 5.82 Å². The number of aromatic amines is 1. The van der Waals surface area contributed by atoms with Gasteiger partial charge < -0.3 is 15.0 Å². The largest absolute Gasteiger partial charge is 0.509 e. The van der Waals surface area contributed by atoms with E-state index in [0.29, 0.717) is 5.82 Å². The van der Waals surface area contributed by atoms with E-state index in [0.717, 1.165) is 16.7 Å². The average molecular weight is 291 g/mol. The van der Waals surface area contributed by atoms with Gasteiger partial charge in [-0.1, -0.05) is 30.3 Å². The first kappa shape index (κ1) is 12.6. The second-order valence-corrected chi connectivity index (χ2v) is 5.15. The Morgan fingerprint density at radius 2 is 1.77 bits per heavy atom. The summed E-state index contributed by atoms with van der Waals surface area (Å²) in [7, 11) is 0. The average Bonchev–Trinajstić information content (AvgIpc) is 3.08. The zero-order valence-corrected chi connectivity index (χ0v) is 11.7. The number of rotatable bonds is 2. The number of hydrogen-bond acceptors (Lipinski definition) is 3. The number of carbonyl (C=O) groups excluding carboxylic acids is 1. The maximum atomic E-state index is 12.6. The number of para-hydroxylation sites is 3. The number of anilines is 1. The van der Waals surface area contributed by atoms with Gasteiger partial charge in [0.25, 0.3) is 5.91 Å². The summed E-state index contributed by atoms with van der Waals surface area (Å²) in [5.74, 6) is 0.192. The van der Waals surface area contributed by atoms with Crippen LogP contribution < -0.4 is 4.90 Å². The minimum atomic E-state index is -0.247. The number of nitrogens with zero attached hydrogens (tertiary/aromatic N) is 2. The number of carbonyl (C=O) groups is 1. The van der Waals surface area contributed by atoms with Crippen molar-refractivity contribution in [2.45, 2.75) is 0 Å². The van der Waals surface area contributed by atoms with Gasteiger partial charge in [-0.05, 0) is 24.3 Å². The molecule has 0 saturated heterocycles. The molecule has 1 amide bonds. The van der Waals surface area contributed by atoms with Crippen molar-refractivity contribution in [1.82, 2.24) is 9.97 Å². The Morgan fingerprint density at radius 1 is 1.05 bits per heavy atom. The van der Waals surface area contributed by atoms with Crippen molar-refractivity contribution in [3.05, 3.63) is 66.2 Å². The first-order valence-electron chi connectivity index (χ1n) is 6.98. The van der Waals surface area contributed by atoms with Crippen LogP contribution in [0.5, 0.6) is 0 Å². The van der Waals surface area contributed by atoms with E-state index >= 15 is 0 Å². The number of aromatic nitrogens is 2. The number of amides is 1. The van der Waals surface area contributed by atoms with Gasteiger partial charge in [-0.15, -0.1) is 0 Å². The van der Waals surface area contributed by atoms with Crippen molar-refractivity contribution in [3.63, 3.8) is 0 Å². The molecule has 2 aromatic carbocycles. The number of aliphatic hydroxyl groups is 1. The quantitative estimate of drug-likeness (QED) is 0.762. The Morgan fingerprint density at radius 3 is 2.55 bits per heavy atom. The SMILES string of the molecule is O=C1C(c2nc3ccccc3[nH]2)=C(O)CN1c1ccccc1. The molecule has 1 aromatic heterocycles. The smallest absolute Gasteiger partial charge is 0.265 e. The normalized spacial score (nSPS) is 15.1. The molecular weight excluding hydrogens is 278 g/mol. The predicted molar refractivity (Wildman–Crippen MR) is 84.4 cm³/mol. The van der Waals surface area contributed by atoms with Crippen molar-refractivity contribution < 1.29 is 9.90 Å². The number of benzene rings is 2. The molecule has 0 bridgehead atoms. The van der Waals surface area contributed by atoms with Gasteiger partial charge in [0.1, 0.15) is 17.2 Å². The first-order valence-corrected chi connectivity index (χ1v) is 6.98. The Hall–Kier alpha value is -3.08. The van der Waals surface area contributed by atoms with Crippen LogP contribution >= 0.6 is 0 Å². The highest BCUT2D eigenvalue weighted by molar-refractivity contribution is 6.28. The molecule has 0 fully saturated rings. The lowest BCUT2D eigenvalue weighted by atomic mass is 10.2. The summed E-state index contributed by atoms with van der Waals surface area (Å²) in [6.45, 7) is 0.162. The molecule has 5 heteroatoms. The van der Waals surface area contributed by atoms with Gasteiger partial charge in [-0.3, -0.25) is 4.79 Å². The molecule has 3 aromatic rings. The van der Waals surface area contributed by atoms with Crippen LogP contribution in [-0.2, 0) is 4.79 Å². The molecule has 0 atom stereocenters. The van der Waals surface area contributed by atoms with Gasteiger partial charge >= 0.3 is 0 Å². The standard InChI is InChI=1S/C17H13N3O2/c21-14-10-20(11-6-2-1-3-7-11)17(22)15(14)16-18-12-8-4-5-9-13(12)19-16/h1-9,21H,10H2,(H,18,19). The first-order chi connectivity index (χ1) is 10.7. The summed E-state index contributed by atoms with van der Waals surface area (Å²) in [6.07, 6.45) is 0. The second kappa shape index (κ2) is 4.73. The van der Waals surface area contributed by atoms with Gasteiger partial charge in [0.05, 0.1) is 17.6 Å². The second-order valence-electron chi connectivity index (χ2n) is 5.15. The summed E-state index contributed by atoms with van der Waals surface area (Å²) in [4.78, 5) is 21.7. The van der Waals surface area contributed by atoms with Crippen molar-refractivity contribution >= 4 is 28.2 Å². The van der Waals surface area contributed by atoms with E-state index in [9.17, 15) is 9.90 Å². The lowest BCUT2D eigenvalue weighted by Crippen LogP contribution is -2.26. The molecule has 108 valence electrons. The Balaban J connectivity index is 1.75. The molecule has 0 unspecified atom stereocenters. The van der Waals surface area contributed by atoms with E-state index in [2.05, 4.69) is 9.97 Å². The third-order valence-electron chi connectivity index (χ3n) is 3.75. The molecule has 5 nitrogen and oxygen atoms in total. The summed E-state index contributed by atoms with van der Waals surface area (Å²) in [5, 5.41) is 10.2. The van der Waals surface area contributed by atoms with Crippen LogP contribution in [0.3, 0.4) is 0 Å². The maximum Gasteiger partial charge on any atom is 0.265 e. The fraction of sp³-hybridized carbons (Fsp3) is 0.0588. The summed E-state index contributed by atoms with van der Waals surface area (Å²) >= 11 is 0. The Kier molecular flexibility index (Phi) is 2.72. The fourth-order valence-electron chi connectivity index (χ4n) is 2.68. The highest BCUT2D eigenvalue weighted by Crippen LogP contribution is 2.30. The third kappa shape index (κ3) is 1.87. The summed E-state index contributed by atoms with van der Waals surface area (Å²) < 4.78 is 0. The van der Waals surface area contributed by atoms with Gasteiger partial charge in [0.2, 0.25) is 0 Å². The number of hydrogen-bond donors (Lipinski definition) is 2. The lowest BCUT2D eigenvalue weighted by molar-refractivity contribution is -0.112.